The monoisotopic (exact) mass is 217 g/mol. The van der Waals surface area contributed by atoms with Gasteiger partial charge in [-0.2, -0.15) is 0 Å². The SMILES string of the molecule is Cc1cc(C)c(-n2cnnc2CO)c(C)c1. The van der Waals surface area contributed by atoms with Crippen molar-refractivity contribution in [1.82, 2.24) is 14.8 Å². The molecular formula is C12H15N3O. The maximum Gasteiger partial charge on any atom is 0.163 e. The molecule has 0 aliphatic carbocycles. The highest BCUT2D eigenvalue weighted by Gasteiger charge is 2.10. The Bertz CT molecular complexity index is 494. The summed E-state index contributed by atoms with van der Waals surface area (Å²) in [5.41, 5.74) is 4.61. The smallest absolute Gasteiger partial charge is 0.163 e. The van der Waals surface area contributed by atoms with Gasteiger partial charge in [-0.05, 0) is 31.9 Å². The Hall–Kier alpha value is -1.68. The van der Waals surface area contributed by atoms with Gasteiger partial charge in [0.25, 0.3) is 0 Å². The summed E-state index contributed by atoms with van der Waals surface area (Å²) in [6.07, 6.45) is 1.64. The Balaban J connectivity index is 2.64. The minimum atomic E-state index is -0.104. The molecule has 0 saturated carbocycles. The molecule has 4 heteroatoms. The van der Waals surface area contributed by atoms with E-state index in [-0.39, 0.29) is 6.61 Å². The maximum atomic E-state index is 9.18. The van der Waals surface area contributed by atoms with E-state index >= 15 is 0 Å². The number of aliphatic hydroxyl groups excluding tert-OH is 1. The zero-order valence-corrected chi connectivity index (χ0v) is 9.73. The van der Waals surface area contributed by atoms with Crippen molar-refractivity contribution in [3.63, 3.8) is 0 Å². The van der Waals surface area contributed by atoms with Crippen LogP contribution < -0.4 is 0 Å². The third-order valence-corrected chi connectivity index (χ3v) is 2.64. The molecule has 1 heterocycles. The van der Waals surface area contributed by atoms with Crippen LogP contribution in [0.2, 0.25) is 0 Å². The van der Waals surface area contributed by atoms with Gasteiger partial charge in [0, 0.05) is 0 Å². The van der Waals surface area contributed by atoms with Crippen LogP contribution in [-0.4, -0.2) is 19.9 Å². The lowest BCUT2D eigenvalue weighted by atomic mass is 10.0. The van der Waals surface area contributed by atoms with Crippen molar-refractivity contribution >= 4 is 0 Å². The molecule has 2 rings (SSSR count). The number of rotatable bonds is 2. The molecular weight excluding hydrogens is 202 g/mol. The Morgan fingerprint density at radius 1 is 1.19 bits per heavy atom. The molecule has 4 nitrogen and oxygen atoms in total. The number of aromatic nitrogens is 3. The van der Waals surface area contributed by atoms with E-state index in [1.807, 2.05) is 4.57 Å². The average molecular weight is 217 g/mol. The van der Waals surface area contributed by atoms with Gasteiger partial charge in [0.1, 0.15) is 12.9 Å². The van der Waals surface area contributed by atoms with Crippen molar-refractivity contribution in [2.75, 3.05) is 0 Å². The third-order valence-electron chi connectivity index (χ3n) is 2.64. The lowest BCUT2D eigenvalue weighted by Crippen LogP contribution is -2.04. The molecule has 0 aliphatic rings. The normalized spacial score (nSPS) is 10.8. The Labute approximate surface area is 94.6 Å². The number of benzene rings is 1. The van der Waals surface area contributed by atoms with E-state index in [1.165, 1.54) is 5.56 Å². The molecule has 0 radical (unpaired) electrons. The largest absolute Gasteiger partial charge is 0.388 e. The molecule has 0 aliphatic heterocycles. The predicted octanol–water partition coefficient (Wildman–Crippen LogP) is 1.68. The van der Waals surface area contributed by atoms with Crippen molar-refractivity contribution < 1.29 is 5.11 Å². The van der Waals surface area contributed by atoms with Crippen LogP contribution in [0.1, 0.15) is 22.5 Å². The predicted molar refractivity (Wildman–Crippen MR) is 61.5 cm³/mol. The second-order valence-corrected chi connectivity index (χ2v) is 4.02. The molecule has 16 heavy (non-hydrogen) atoms. The topological polar surface area (TPSA) is 50.9 Å². The van der Waals surface area contributed by atoms with E-state index in [1.54, 1.807) is 6.33 Å². The highest BCUT2D eigenvalue weighted by molar-refractivity contribution is 5.49. The first-order chi connectivity index (χ1) is 7.63. The number of aliphatic hydroxyl groups is 1. The van der Waals surface area contributed by atoms with E-state index in [0.717, 1.165) is 16.8 Å². The minimum Gasteiger partial charge on any atom is -0.388 e. The van der Waals surface area contributed by atoms with Crippen LogP contribution in [0.4, 0.5) is 0 Å². The van der Waals surface area contributed by atoms with E-state index < -0.39 is 0 Å². The van der Waals surface area contributed by atoms with Crippen LogP contribution >= 0.6 is 0 Å². The lowest BCUT2D eigenvalue weighted by molar-refractivity contribution is 0.269. The number of aryl methyl sites for hydroxylation is 3. The van der Waals surface area contributed by atoms with Gasteiger partial charge in [-0.15, -0.1) is 10.2 Å². The lowest BCUT2D eigenvalue weighted by Gasteiger charge is -2.13. The zero-order valence-electron chi connectivity index (χ0n) is 9.73. The standard InChI is InChI=1S/C12H15N3O/c1-8-4-9(2)12(10(3)5-8)15-7-13-14-11(15)6-16/h4-5,7,16H,6H2,1-3H3. The minimum absolute atomic E-state index is 0.104. The summed E-state index contributed by atoms with van der Waals surface area (Å²) in [6, 6.07) is 4.23. The molecule has 1 N–H and O–H groups in total. The first kappa shape index (κ1) is 10.8. The summed E-state index contributed by atoms with van der Waals surface area (Å²) in [7, 11) is 0. The van der Waals surface area contributed by atoms with Crippen LogP contribution in [0.3, 0.4) is 0 Å². The number of hydrogen-bond acceptors (Lipinski definition) is 3. The molecule has 1 aromatic carbocycles. The molecule has 0 bridgehead atoms. The summed E-state index contributed by atoms with van der Waals surface area (Å²) < 4.78 is 1.84. The summed E-state index contributed by atoms with van der Waals surface area (Å²) in [4.78, 5) is 0. The van der Waals surface area contributed by atoms with Crippen LogP contribution in [0, 0.1) is 20.8 Å². The maximum absolute atomic E-state index is 9.18. The second-order valence-electron chi connectivity index (χ2n) is 4.02. The van der Waals surface area contributed by atoms with Gasteiger partial charge in [-0.25, -0.2) is 0 Å². The van der Waals surface area contributed by atoms with Crippen molar-refractivity contribution in [2.24, 2.45) is 0 Å². The first-order valence-corrected chi connectivity index (χ1v) is 5.21. The molecule has 0 unspecified atom stereocenters. The van der Waals surface area contributed by atoms with Gasteiger partial charge >= 0.3 is 0 Å². The van der Waals surface area contributed by atoms with Crippen LogP contribution in [0.25, 0.3) is 5.69 Å². The Kier molecular flexibility index (Phi) is 2.75. The number of hydrogen-bond donors (Lipinski definition) is 1. The van der Waals surface area contributed by atoms with Crippen molar-refractivity contribution in [1.29, 1.82) is 0 Å². The molecule has 2 aromatic rings. The fraction of sp³-hybridized carbons (Fsp3) is 0.333. The van der Waals surface area contributed by atoms with Gasteiger partial charge in [-0.1, -0.05) is 17.7 Å². The molecule has 0 atom stereocenters. The van der Waals surface area contributed by atoms with E-state index in [0.29, 0.717) is 5.82 Å². The van der Waals surface area contributed by atoms with Crippen molar-refractivity contribution in [3.8, 4) is 5.69 Å². The Morgan fingerprint density at radius 3 is 2.38 bits per heavy atom. The Morgan fingerprint density at radius 2 is 1.81 bits per heavy atom. The zero-order chi connectivity index (χ0) is 11.7. The van der Waals surface area contributed by atoms with Crippen molar-refractivity contribution in [3.05, 3.63) is 41.0 Å². The summed E-state index contributed by atoms with van der Waals surface area (Å²) in [6.45, 7) is 6.07. The average Bonchev–Trinajstić information content (AvgIpc) is 2.64. The van der Waals surface area contributed by atoms with Crippen LogP contribution in [-0.2, 0) is 6.61 Å². The molecule has 0 saturated heterocycles. The van der Waals surface area contributed by atoms with E-state index in [2.05, 4.69) is 43.1 Å². The van der Waals surface area contributed by atoms with Gasteiger partial charge in [0.2, 0.25) is 0 Å². The summed E-state index contributed by atoms with van der Waals surface area (Å²) in [5.74, 6) is 0.565. The van der Waals surface area contributed by atoms with Gasteiger partial charge < -0.3 is 5.11 Å². The number of nitrogens with zero attached hydrogens (tertiary/aromatic N) is 3. The third kappa shape index (κ3) is 1.72. The summed E-state index contributed by atoms with van der Waals surface area (Å²) >= 11 is 0. The molecule has 84 valence electrons. The van der Waals surface area contributed by atoms with Gasteiger partial charge in [0.05, 0.1) is 5.69 Å². The second kappa shape index (κ2) is 4.06. The van der Waals surface area contributed by atoms with Crippen LogP contribution in [0.15, 0.2) is 18.5 Å². The van der Waals surface area contributed by atoms with Crippen LogP contribution in [0.5, 0.6) is 0 Å². The van der Waals surface area contributed by atoms with Gasteiger partial charge in [0.15, 0.2) is 5.82 Å². The molecule has 1 aromatic heterocycles. The highest BCUT2D eigenvalue weighted by atomic mass is 16.3. The van der Waals surface area contributed by atoms with E-state index in [4.69, 9.17) is 0 Å². The van der Waals surface area contributed by atoms with E-state index in [9.17, 15) is 5.11 Å². The first-order valence-electron chi connectivity index (χ1n) is 5.21. The summed E-state index contributed by atoms with van der Waals surface area (Å²) in [5, 5.41) is 16.9. The fourth-order valence-electron chi connectivity index (χ4n) is 2.11. The molecule has 0 spiro atoms. The fourth-order valence-corrected chi connectivity index (χ4v) is 2.11. The van der Waals surface area contributed by atoms with Gasteiger partial charge in [-0.3, -0.25) is 4.57 Å². The highest BCUT2D eigenvalue weighted by Crippen LogP contribution is 2.21. The molecule has 0 amide bonds. The molecule has 0 fully saturated rings. The van der Waals surface area contributed by atoms with Crippen molar-refractivity contribution in [2.45, 2.75) is 27.4 Å². The quantitative estimate of drug-likeness (QED) is 0.832.